The van der Waals surface area contributed by atoms with E-state index in [1.807, 2.05) is 30.3 Å². The first kappa shape index (κ1) is 11.2. The smallest absolute Gasteiger partial charge is 0.228 e. The monoisotopic (exact) mass is 227 g/mol. The summed E-state index contributed by atoms with van der Waals surface area (Å²) in [5.41, 5.74) is 1.55. The van der Waals surface area contributed by atoms with Gasteiger partial charge in [0.1, 0.15) is 5.75 Å². The van der Waals surface area contributed by atoms with Crippen LogP contribution in [0, 0.1) is 0 Å². The van der Waals surface area contributed by atoms with Gasteiger partial charge in [-0.05, 0) is 36.4 Å². The van der Waals surface area contributed by atoms with Crippen molar-refractivity contribution < 1.29 is 9.90 Å². The number of aromatic hydroxyl groups is 1. The Balaban J connectivity index is 2.43. The van der Waals surface area contributed by atoms with Crippen molar-refractivity contribution in [2.24, 2.45) is 0 Å². The van der Waals surface area contributed by atoms with E-state index in [2.05, 4.69) is 0 Å². The fraction of sp³-hybridized carbons (Fsp3) is 0.0714. The number of amides is 1. The third-order valence-electron chi connectivity index (χ3n) is 2.44. The lowest BCUT2D eigenvalue weighted by Crippen LogP contribution is -2.22. The van der Waals surface area contributed by atoms with E-state index in [4.69, 9.17) is 0 Å². The van der Waals surface area contributed by atoms with Crippen LogP contribution in [0.15, 0.2) is 54.6 Å². The van der Waals surface area contributed by atoms with E-state index in [0.29, 0.717) is 0 Å². The number of rotatable bonds is 2. The number of hydrogen-bond donors (Lipinski definition) is 1. The Hall–Kier alpha value is -2.29. The van der Waals surface area contributed by atoms with Crippen molar-refractivity contribution in [2.45, 2.75) is 6.92 Å². The van der Waals surface area contributed by atoms with Gasteiger partial charge >= 0.3 is 0 Å². The minimum Gasteiger partial charge on any atom is -0.508 e. The molecule has 0 heterocycles. The van der Waals surface area contributed by atoms with Crippen LogP contribution in [0.3, 0.4) is 0 Å². The summed E-state index contributed by atoms with van der Waals surface area (Å²) in [4.78, 5) is 13.3. The normalized spacial score (nSPS) is 9.94. The molecule has 0 unspecified atom stereocenters. The lowest BCUT2D eigenvalue weighted by molar-refractivity contribution is -0.115. The summed E-state index contributed by atoms with van der Waals surface area (Å²) in [5.74, 6) is 0.118. The number of para-hydroxylation sites is 1. The van der Waals surface area contributed by atoms with Crippen molar-refractivity contribution in [3.63, 3.8) is 0 Å². The molecule has 2 aromatic rings. The predicted octanol–water partition coefficient (Wildman–Crippen LogP) is 3.08. The first-order valence-corrected chi connectivity index (χ1v) is 5.33. The van der Waals surface area contributed by atoms with Crippen molar-refractivity contribution in [1.29, 1.82) is 0 Å². The number of carbonyl (C=O) groups is 1. The Bertz CT molecular complexity index is 506. The molecule has 1 amide bonds. The van der Waals surface area contributed by atoms with Crippen LogP contribution in [0.25, 0.3) is 0 Å². The molecule has 0 bridgehead atoms. The van der Waals surface area contributed by atoms with Gasteiger partial charge in [0.25, 0.3) is 0 Å². The molecule has 0 aliphatic heterocycles. The third-order valence-corrected chi connectivity index (χ3v) is 2.44. The number of phenolic OH excluding ortho intramolecular Hbond substituents is 1. The van der Waals surface area contributed by atoms with Gasteiger partial charge < -0.3 is 5.11 Å². The second-order valence-corrected chi connectivity index (χ2v) is 3.71. The number of carbonyl (C=O) groups excluding carboxylic acids is 1. The summed E-state index contributed by atoms with van der Waals surface area (Å²) in [6.07, 6.45) is 0. The van der Waals surface area contributed by atoms with Crippen LogP contribution in [-0.4, -0.2) is 11.0 Å². The van der Waals surface area contributed by atoms with Crippen molar-refractivity contribution >= 4 is 17.3 Å². The second kappa shape index (κ2) is 4.70. The molecule has 0 aromatic heterocycles. The third kappa shape index (κ3) is 2.45. The highest BCUT2D eigenvalue weighted by atomic mass is 16.3. The highest BCUT2D eigenvalue weighted by Gasteiger charge is 2.13. The van der Waals surface area contributed by atoms with Crippen LogP contribution in [-0.2, 0) is 4.79 Å². The molecule has 0 saturated carbocycles. The summed E-state index contributed by atoms with van der Waals surface area (Å²) in [5, 5.41) is 9.24. The van der Waals surface area contributed by atoms with E-state index in [1.54, 1.807) is 29.2 Å². The Morgan fingerprint density at radius 3 is 2.00 bits per heavy atom. The summed E-state index contributed by atoms with van der Waals surface area (Å²) in [6.45, 7) is 1.51. The molecule has 0 aliphatic carbocycles. The van der Waals surface area contributed by atoms with E-state index in [9.17, 15) is 9.90 Å². The van der Waals surface area contributed by atoms with Crippen LogP contribution < -0.4 is 4.90 Å². The number of hydrogen-bond acceptors (Lipinski definition) is 2. The fourth-order valence-corrected chi connectivity index (χ4v) is 1.69. The maximum atomic E-state index is 11.7. The number of phenols is 1. The maximum absolute atomic E-state index is 11.7. The molecule has 0 aliphatic rings. The Morgan fingerprint density at radius 2 is 1.47 bits per heavy atom. The summed E-state index contributed by atoms with van der Waals surface area (Å²) in [6, 6.07) is 16.0. The van der Waals surface area contributed by atoms with Gasteiger partial charge in [-0.2, -0.15) is 0 Å². The van der Waals surface area contributed by atoms with Gasteiger partial charge in [0, 0.05) is 18.3 Å². The molecule has 0 fully saturated rings. The largest absolute Gasteiger partial charge is 0.508 e. The van der Waals surface area contributed by atoms with Crippen LogP contribution in [0.1, 0.15) is 6.92 Å². The average Bonchev–Trinajstić information content (AvgIpc) is 2.33. The molecule has 17 heavy (non-hydrogen) atoms. The second-order valence-electron chi connectivity index (χ2n) is 3.71. The van der Waals surface area contributed by atoms with Gasteiger partial charge in [0.15, 0.2) is 0 Å². The van der Waals surface area contributed by atoms with Crippen LogP contribution in [0.5, 0.6) is 5.75 Å². The predicted molar refractivity (Wildman–Crippen MR) is 67.4 cm³/mol. The first-order chi connectivity index (χ1) is 8.18. The summed E-state index contributed by atoms with van der Waals surface area (Å²) >= 11 is 0. The molecule has 3 heteroatoms. The minimum atomic E-state index is -0.0677. The van der Waals surface area contributed by atoms with E-state index < -0.39 is 0 Å². The average molecular weight is 227 g/mol. The van der Waals surface area contributed by atoms with Crippen molar-refractivity contribution in [2.75, 3.05) is 4.90 Å². The van der Waals surface area contributed by atoms with Crippen molar-refractivity contribution in [3.05, 3.63) is 54.6 Å². The van der Waals surface area contributed by atoms with E-state index in [0.717, 1.165) is 11.4 Å². The molecule has 1 N–H and O–H groups in total. The number of benzene rings is 2. The zero-order valence-corrected chi connectivity index (χ0v) is 9.50. The van der Waals surface area contributed by atoms with Crippen LogP contribution >= 0.6 is 0 Å². The van der Waals surface area contributed by atoms with E-state index in [1.165, 1.54) is 6.92 Å². The minimum absolute atomic E-state index is 0.0677. The maximum Gasteiger partial charge on any atom is 0.228 e. The molecule has 86 valence electrons. The highest BCUT2D eigenvalue weighted by Crippen LogP contribution is 2.26. The van der Waals surface area contributed by atoms with Gasteiger partial charge in [-0.3, -0.25) is 9.69 Å². The Morgan fingerprint density at radius 1 is 0.941 bits per heavy atom. The van der Waals surface area contributed by atoms with E-state index in [-0.39, 0.29) is 11.7 Å². The summed E-state index contributed by atoms with van der Waals surface area (Å²) in [7, 11) is 0. The standard InChI is InChI=1S/C14H13NO2/c1-11(16)15(12-5-3-2-4-6-12)13-7-9-14(17)10-8-13/h2-10,17H,1H3. The van der Waals surface area contributed by atoms with Gasteiger partial charge in [0.2, 0.25) is 5.91 Å². The number of anilines is 2. The molecule has 2 aromatic carbocycles. The molecule has 0 spiro atoms. The number of nitrogens with zero attached hydrogens (tertiary/aromatic N) is 1. The van der Waals surface area contributed by atoms with E-state index >= 15 is 0 Å². The van der Waals surface area contributed by atoms with Gasteiger partial charge in [-0.15, -0.1) is 0 Å². The molecule has 3 nitrogen and oxygen atoms in total. The first-order valence-electron chi connectivity index (χ1n) is 5.33. The van der Waals surface area contributed by atoms with Crippen molar-refractivity contribution in [3.8, 4) is 5.75 Å². The topological polar surface area (TPSA) is 40.5 Å². The highest BCUT2D eigenvalue weighted by molar-refractivity contribution is 5.98. The van der Waals surface area contributed by atoms with Gasteiger partial charge in [-0.25, -0.2) is 0 Å². The van der Waals surface area contributed by atoms with Crippen molar-refractivity contribution in [1.82, 2.24) is 0 Å². The SMILES string of the molecule is CC(=O)N(c1ccccc1)c1ccc(O)cc1. The lowest BCUT2D eigenvalue weighted by atomic mass is 10.2. The van der Waals surface area contributed by atoms with Gasteiger partial charge in [0.05, 0.1) is 0 Å². The molecule has 2 rings (SSSR count). The van der Waals surface area contributed by atoms with Gasteiger partial charge in [-0.1, -0.05) is 18.2 Å². The zero-order valence-electron chi connectivity index (χ0n) is 9.50. The Kier molecular flexibility index (Phi) is 3.10. The van der Waals surface area contributed by atoms with Crippen LogP contribution in [0.2, 0.25) is 0 Å². The quantitative estimate of drug-likeness (QED) is 0.856. The molecule has 0 saturated heterocycles. The molecule has 0 atom stereocenters. The zero-order chi connectivity index (χ0) is 12.3. The summed E-state index contributed by atoms with van der Waals surface area (Å²) < 4.78 is 0. The Labute approximate surface area is 99.9 Å². The lowest BCUT2D eigenvalue weighted by Gasteiger charge is -2.21. The van der Waals surface area contributed by atoms with Crippen LogP contribution in [0.4, 0.5) is 11.4 Å². The fourth-order valence-electron chi connectivity index (χ4n) is 1.69. The molecule has 0 radical (unpaired) electrons. The molecular weight excluding hydrogens is 214 g/mol. The molecular formula is C14H13NO2.